The van der Waals surface area contributed by atoms with Gasteiger partial charge in [0.25, 0.3) is 0 Å². The van der Waals surface area contributed by atoms with E-state index in [9.17, 15) is 4.79 Å². The summed E-state index contributed by atoms with van der Waals surface area (Å²) in [5.41, 5.74) is 0.420. The number of aldehydes is 1. The van der Waals surface area contributed by atoms with Crippen LogP contribution in [0.1, 0.15) is 10.4 Å². The van der Waals surface area contributed by atoms with Gasteiger partial charge in [-0.3, -0.25) is 4.79 Å². The molecule has 0 N–H and O–H groups in total. The molecule has 0 atom stereocenters. The molecule has 0 aliphatic carbocycles. The maximum Gasteiger partial charge on any atom is 0.153 e. The van der Waals surface area contributed by atoms with Crippen molar-refractivity contribution >= 4 is 17.9 Å². The Morgan fingerprint density at radius 3 is 2.31 bits per heavy atom. The van der Waals surface area contributed by atoms with E-state index in [0.717, 1.165) is 0 Å². The van der Waals surface area contributed by atoms with Crippen LogP contribution in [0.2, 0.25) is 5.02 Å². The lowest BCUT2D eigenvalue weighted by Gasteiger charge is -2.07. The first-order valence-electron chi connectivity index (χ1n) is 3.59. The first kappa shape index (κ1) is 9.86. The summed E-state index contributed by atoms with van der Waals surface area (Å²) >= 11 is 5.82. The number of benzene rings is 1. The first-order valence-corrected chi connectivity index (χ1v) is 3.97. The number of carbonyl (C=O) groups excluding carboxylic acids is 1. The lowest BCUT2D eigenvalue weighted by atomic mass is 10.2. The summed E-state index contributed by atoms with van der Waals surface area (Å²) in [5, 5.41) is 0.421. The highest BCUT2D eigenvalue weighted by Gasteiger charge is 2.08. The number of methoxy groups -OCH3 is 2. The molecule has 0 bridgehead atoms. The lowest BCUT2D eigenvalue weighted by molar-refractivity contribution is 0.112. The van der Waals surface area contributed by atoms with Crippen molar-refractivity contribution in [1.29, 1.82) is 0 Å². The zero-order chi connectivity index (χ0) is 9.84. The fourth-order valence-electron chi connectivity index (χ4n) is 0.976. The van der Waals surface area contributed by atoms with Crippen LogP contribution in [0.15, 0.2) is 12.1 Å². The van der Waals surface area contributed by atoms with Gasteiger partial charge in [-0.25, -0.2) is 0 Å². The molecule has 1 aromatic rings. The second-order valence-electron chi connectivity index (χ2n) is 2.35. The fraction of sp³-hybridized carbons (Fsp3) is 0.222. The van der Waals surface area contributed by atoms with Gasteiger partial charge < -0.3 is 9.47 Å². The van der Waals surface area contributed by atoms with Gasteiger partial charge in [-0.1, -0.05) is 11.6 Å². The average molecular weight is 201 g/mol. The number of hydrogen-bond acceptors (Lipinski definition) is 3. The minimum Gasteiger partial charge on any atom is -0.496 e. The van der Waals surface area contributed by atoms with Crippen LogP contribution in [0.25, 0.3) is 0 Å². The normalized spacial score (nSPS) is 9.46. The summed E-state index contributed by atoms with van der Waals surface area (Å²) in [5.74, 6) is 0.908. The van der Waals surface area contributed by atoms with Crippen LogP contribution in [0.4, 0.5) is 0 Å². The number of rotatable bonds is 3. The molecule has 3 nitrogen and oxygen atoms in total. The van der Waals surface area contributed by atoms with Crippen LogP contribution in [0, 0.1) is 0 Å². The molecule has 0 saturated heterocycles. The van der Waals surface area contributed by atoms with E-state index in [-0.39, 0.29) is 0 Å². The Balaban J connectivity index is 3.26. The molecule has 0 aliphatic heterocycles. The maximum absolute atomic E-state index is 10.6. The van der Waals surface area contributed by atoms with Crippen LogP contribution < -0.4 is 9.47 Å². The molecular formula is C9H9ClO3. The van der Waals surface area contributed by atoms with E-state index in [1.54, 1.807) is 6.07 Å². The Bertz CT molecular complexity index is 323. The van der Waals surface area contributed by atoms with Crippen molar-refractivity contribution in [1.82, 2.24) is 0 Å². The Labute approximate surface area is 81.2 Å². The Hall–Kier alpha value is -1.22. The first-order chi connectivity index (χ1) is 6.22. The van der Waals surface area contributed by atoms with Crippen molar-refractivity contribution in [3.63, 3.8) is 0 Å². The quantitative estimate of drug-likeness (QED) is 0.702. The Morgan fingerprint density at radius 2 is 1.85 bits per heavy atom. The third-order valence-electron chi connectivity index (χ3n) is 1.63. The third-order valence-corrected chi connectivity index (χ3v) is 1.93. The Morgan fingerprint density at radius 1 is 1.23 bits per heavy atom. The van der Waals surface area contributed by atoms with Crippen molar-refractivity contribution in [2.75, 3.05) is 14.2 Å². The molecule has 1 aromatic carbocycles. The van der Waals surface area contributed by atoms with Gasteiger partial charge in [0.15, 0.2) is 6.29 Å². The van der Waals surface area contributed by atoms with Gasteiger partial charge in [0.1, 0.15) is 11.5 Å². The van der Waals surface area contributed by atoms with Gasteiger partial charge in [0, 0.05) is 6.07 Å². The standard InChI is InChI=1S/C9H9ClO3/c1-12-8-4-7(10)9(13-2)3-6(8)5-11/h3-5H,1-2H3. The second-order valence-corrected chi connectivity index (χ2v) is 2.75. The van der Waals surface area contributed by atoms with E-state index in [4.69, 9.17) is 21.1 Å². The molecular weight excluding hydrogens is 192 g/mol. The van der Waals surface area contributed by atoms with Crippen LogP contribution >= 0.6 is 11.6 Å². The molecule has 0 aliphatic rings. The summed E-state index contributed by atoms with van der Waals surface area (Å²) in [6, 6.07) is 3.08. The summed E-state index contributed by atoms with van der Waals surface area (Å²) < 4.78 is 9.89. The number of halogens is 1. The van der Waals surface area contributed by atoms with E-state index in [2.05, 4.69) is 0 Å². The molecule has 1 rings (SSSR count). The molecule has 0 radical (unpaired) electrons. The van der Waals surface area contributed by atoms with Gasteiger partial charge in [-0.15, -0.1) is 0 Å². The van der Waals surface area contributed by atoms with Gasteiger partial charge in [-0.2, -0.15) is 0 Å². The fourth-order valence-corrected chi connectivity index (χ4v) is 1.21. The Kier molecular flexibility index (Phi) is 3.14. The summed E-state index contributed by atoms with van der Waals surface area (Å²) in [7, 11) is 2.97. The number of hydrogen-bond donors (Lipinski definition) is 0. The molecule has 0 fully saturated rings. The van der Waals surface area contributed by atoms with Crippen LogP contribution in [-0.4, -0.2) is 20.5 Å². The zero-order valence-electron chi connectivity index (χ0n) is 7.33. The van der Waals surface area contributed by atoms with Crippen LogP contribution in [0.5, 0.6) is 11.5 Å². The average Bonchev–Trinajstić information content (AvgIpc) is 2.17. The molecule has 0 unspecified atom stereocenters. The molecule has 4 heteroatoms. The highest BCUT2D eigenvalue weighted by Crippen LogP contribution is 2.31. The number of carbonyl (C=O) groups is 1. The van der Waals surface area contributed by atoms with E-state index in [1.807, 2.05) is 0 Å². The maximum atomic E-state index is 10.6. The van der Waals surface area contributed by atoms with Crippen molar-refractivity contribution < 1.29 is 14.3 Å². The van der Waals surface area contributed by atoms with Crippen molar-refractivity contribution in [3.8, 4) is 11.5 Å². The largest absolute Gasteiger partial charge is 0.496 e. The zero-order valence-corrected chi connectivity index (χ0v) is 8.09. The van der Waals surface area contributed by atoms with E-state index >= 15 is 0 Å². The molecule has 0 heterocycles. The van der Waals surface area contributed by atoms with E-state index in [0.29, 0.717) is 28.4 Å². The van der Waals surface area contributed by atoms with Crippen molar-refractivity contribution in [2.24, 2.45) is 0 Å². The topological polar surface area (TPSA) is 35.5 Å². The highest BCUT2D eigenvalue weighted by atomic mass is 35.5. The van der Waals surface area contributed by atoms with Gasteiger partial charge in [-0.05, 0) is 6.07 Å². The predicted molar refractivity (Wildman–Crippen MR) is 49.9 cm³/mol. The second kappa shape index (κ2) is 4.14. The van der Waals surface area contributed by atoms with Crippen molar-refractivity contribution in [2.45, 2.75) is 0 Å². The minimum absolute atomic E-state index is 0.420. The minimum atomic E-state index is 0.420. The monoisotopic (exact) mass is 200 g/mol. The van der Waals surface area contributed by atoms with Crippen molar-refractivity contribution in [3.05, 3.63) is 22.7 Å². The van der Waals surface area contributed by atoms with Gasteiger partial charge in [0.2, 0.25) is 0 Å². The SMILES string of the molecule is COc1cc(C=O)c(OC)cc1Cl. The summed E-state index contributed by atoms with van der Waals surface area (Å²) in [6.45, 7) is 0. The molecule has 0 saturated carbocycles. The number of ether oxygens (including phenoxy) is 2. The highest BCUT2D eigenvalue weighted by molar-refractivity contribution is 6.32. The molecule has 0 spiro atoms. The van der Waals surface area contributed by atoms with E-state index in [1.165, 1.54) is 20.3 Å². The third kappa shape index (κ3) is 1.92. The van der Waals surface area contributed by atoms with Gasteiger partial charge in [0.05, 0.1) is 24.8 Å². The molecule has 70 valence electrons. The van der Waals surface area contributed by atoms with E-state index < -0.39 is 0 Å². The lowest BCUT2D eigenvalue weighted by Crippen LogP contribution is -1.93. The summed E-state index contributed by atoms with van der Waals surface area (Å²) in [6.07, 6.45) is 0.692. The molecule has 13 heavy (non-hydrogen) atoms. The predicted octanol–water partition coefficient (Wildman–Crippen LogP) is 2.17. The van der Waals surface area contributed by atoms with Crippen LogP contribution in [0.3, 0.4) is 0 Å². The van der Waals surface area contributed by atoms with Crippen LogP contribution in [-0.2, 0) is 0 Å². The summed E-state index contributed by atoms with van der Waals surface area (Å²) in [4.78, 5) is 10.6. The molecule has 0 amide bonds. The van der Waals surface area contributed by atoms with Gasteiger partial charge >= 0.3 is 0 Å². The smallest absolute Gasteiger partial charge is 0.153 e. The molecule has 0 aromatic heterocycles.